The quantitative estimate of drug-likeness (QED) is 0.289. The third-order valence-corrected chi connectivity index (χ3v) is 9.86. The lowest BCUT2D eigenvalue weighted by molar-refractivity contribution is -0.181. The summed E-state index contributed by atoms with van der Waals surface area (Å²) >= 11 is 0. The first-order valence-corrected chi connectivity index (χ1v) is 16.3. The van der Waals surface area contributed by atoms with Crippen molar-refractivity contribution >= 4 is 11.6 Å². The Morgan fingerprint density at radius 1 is 1.15 bits per heavy atom. The molecule has 0 aromatic carbocycles. The van der Waals surface area contributed by atoms with E-state index in [1.165, 1.54) is 0 Å². The summed E-state index contributed by atoms with van der Waals surface area (Å²) in [6.45, 7) is 5.40. The monoisotopic (exact) mass is 651 g/mol. The maximum atomic E-state index is 14.2. The van der Waals surface area contributed by atoms with Crippen molar-refractivity contribution in [2.45, 2.75) is 95.3 Å². The van der Waals surface area contributed by atoms with Crippen LogP contribution in [0.1, 0.15) is 104 Å². The number of hydrogen-bond acceptors (Lipinski definition) is 6. The highest BCUT2D eigenvalue weighted by Gasteiger charge is 2.43. The van der Waals surface area contributed by atoms with Gasteiger partial charge in [0.15, 0.2) is 5.65 Å². The Bertz CT molecular complexity index is 1500. The molecule has 3 aromatic heterocycles. The summed E-state index contributed by atoms with van der Waals surface area (Å²) < 4.78 is 78.0. The van der Waals surface area contributed by atoms with Crippen molar-refractivity contribution in [1.82, 2.24) is 35.0 Å². The van der Waals surface area contributed by atoms with E-state index < -0.39 is 24.1 Å². The molecule has 3 aromatic rings. The average Bonchev–Trinajstić information content (AvgIpc) is 3.68. The predicted molar refractivity (Wildman–Crippen MR) is 160 cm³/mol. The predicted octanol–water partition coefficient (Wildman–Crippen LogP) is 6.03. The van der Waals surface area contributed by atoms with Crippen molar-refractivity contribution in [1.29, 1.82) is 0 Å². The Hall–Kier alpha value is -3.13. The van der Waals surface area contributed by atoms with Crippen LogP contribution >= 0.6 is 0 Å². The third-order valence-electron chi connectivity index (χ3n) is 9.86. The lowest BCUT2D eigenvalue weighted by atomic mass is 9.81. The van der Waals surface area contributed by atoms with Crippen LogP contribution < -0.4 is 10.6 Å². The van der Waals surface area contributed by atoms with Crippen LogP contribution in [0.15, 0.2) is 24.5 Å². The van der Waals surface area contributed by atoms with Gasteiger partial charge < -0.3 is 15.4 Å². The zero-order valence-corrected chi connectivity index (χ0v) is 26.2. The highest BCUT2D eigenvalue weighted by Crippen LogP contribution is 2.42. The number of ether oxygens (including phenoxy) is 1. The van der Waals surface area contributed by atoms with Crippen LogP contribution in [0.4, 0.5) is 22.0 Å². The molecule has 14 heteroatoms. The zero-order valence-electron chi connectivity index (χ0n) is 26.2. The van der Waals surface area contributed by atoms with Crippen molar-refractivity contribution in [3.63, 3.8) is 0 Å². The maximum Gasteiger partial charge on any atom is 0.393 e. The van der Waals surface area contributed by atoms with Crippen molar-refractivity contribution in [3.8, 4) is 0 Å². The number of fused-ring (bicyclic) bond motifs is 1. The lowest BCUT2D eigenvalue weighted by Gasteiger charge is -2.33. The summed E-state index contributed by atoms with van der Waals surface area (Å²) in [6.07, 6.45) is 0.861. The van der Waals surface area contributed by atoms with Crippen LogP contribution in [0.5, 0.6) is 0 Å². The number of hydrogen-bond donors (Lipinski definition) is 2. The Labute approximate surface area is 264 Å². The lowest BCUT2D eigenvalue weighted by Crippen LogP contribution is -2.43. The van der Waals surface area contributed by atoms with Crippen molar-refractivity contribution in [2.75, 3.05) is 26.3 Å². The van der Waals surface area contributed by atoms with Crippen molar-refractivity contribution < 1.29 is 31.5 Å². The van der Waals surface area contributed by atoms with Gasteiger partial charge in [-0.3, -0.25) is 9.48 Å². The normalized spacial score (nSPS) is 24.0. The molecule has 9 nitrogen and oxygen atoms in total. The van der Waals surface area contributed by atoms with E-state index >= 15 is 0 Å². The van der Waals surface area contributed by atoms with E-state index in [0.29, 0.717) is 43.2 Å². The van der Waals surface area contributed by atoms with Crippen LogP contribution in [0.25, 0.3) is 5.65 Å². The Morgan fingerprint density at radius 2 is 1.89 bits per heavy atom. The highest BCUT2D eigenvalue weighted by molar-refractivity contribution is 5.92. The van der Waals surface area contributed by atoms with Crippen LogP contribution in [0.2, 0.25) is 0 Å². The van der Waals surface area contributed by atoms with Crippen molar-refractivity contribution in [3.05, 3.63) is 47.2 Å². The van der Waals surface area contributed by atoms with Crippen LogP contribution in [0, 0.1) is 17.8 Å². The number of alkyl halides is 5. The van der Waals surface area contributed by atoms with E-state index in [-0.39, 0.29) is 68.4 Å². The van der Waals surface area contributed by atoms with Gasteiger partial charge in [-0.25, -0.2) is 18.3 Å². The number of halogens is 5. The van der Waals surface area contributed by atoms with E-state index in [0.717, 1.165) is 24.1 Å². The number of nitrogens with zero attached hydrogens (tertiary/aromatic N) is 5. The topological polar surface area (TPSA) is 98.4 Å². The number of amides is 1. The van der Waals surface area contributed by atoms with Gasteiger partial charge in [0.25, 0.3) is 5.91 Å². The molecule has 46 heavy (non-hydrogen) atoms. The molecule has 2 aliphatic heterocycles. The van der Waals surface area contributed by atoms with Gasteiger partial charge in [0, 0.05) is 44.8 Å². The fourth-order valence-electron chi connectivity index (χ4n) is 7.32. The van der Waals surface area contributed by atoms with Gasteiger partial charge in [0.2, 0.25) is 5.92 Å². The van der Waals surface area contributed by atoms with Crippen molar-refractivity contribution in [2.24, 2.45) is 17.8 Å². The largest absolute Gasteiger partial charge is 0.393 e. The van der Waals surface area contributed by atoms with Gasteiger partial charge in [-0.15, -0.1) is 0 Å². The third kappa shape index (κ3) is 7.22. The molecule has 5 heterocycles. The second-order valence-electron chi connectivity index (χ2n) is 13.5. The molecule has 3 aliphatic rings. The number of aromatic nitrogens is 5. The smallest absolute Gasteiger partial charge is 0.381 e. The zero-order chi connectivity index (χ0) is 32.6. The number of carbonyl (C=O) groups is 1. The summed E-state index contributed by atoms with van der Waals surface area (Å²) in [5.74, 6) is -4.90. The molecule has 3 fully saturated rings. The Kier molecular flexibility index (Phi) is 9.39. The molecule has 1 saturated carbocycles. The van der Waals surface area contributed by atoms with Crippen LogP contribution in [-0.2, 0) is 11.2 Å². The van der Waals surface area contributed by atoms with E-state index in [9.17, 15) is 26.7 Å². The molecule has 0 bridgehead atoms. The van der Waals surface area contributed by atoms with E-state index in [2.05, 4.69) is 15.7 Å². The second kappa shape index (κ2) is 13.2. The van der Waals surface area contributed by atoms with E-state index in [4.69, 9.17) is 14.8 Å². The number of carbonyl (C=O) groups excluding carboxylic acids is 1. The van der Waals surface area contributed by atoms with E-state index in [1.807, 2.05) is 19.9 Å². The first-order valence-electron chi connectivity index (χ1n) is 16.3. The first-order chi connectivity index (χ1) is 21.9. The van der Waals surface area contributed by atoms with Gasteiger partial charge in [0.1, 0.15) is 5.69 Å². The average molecular weight is 652 g/mol. The summed E-state index contributed by atoms with van der Waals surface area (Å²) in [4.78, 5) is 18.5. The standard InChI is InChI=1S/C32H42F5N7O2/c1-19(2)44-27(5-10-39-44)30(45)41-29(22-3-8-31(33,34)9-4-22)26-18-43-28(40-26)15-24(21-6-11-46-12-7-21)25(42-43)14-20-13-23(17-38-16-20)32(35,36)37/h5,10,15,18-23,29,38H,3-4,6-9,11-14,16-17H2,1-2H3,(H,41,45)/t20-,23-,29+/m1/s1. The molecular weight excluding hydrogens is 609 g/mol. The molecule has 252 valence electrons. The van der Waals surface area contributed by atoms with Gasteiger partial charge in [0.05, 0.1) is 29.5 Å². The molecule has 2 saturated heterocycles. The summed E-state index contributed by atoms with van der Waals surface area (Å²) in [7, 11) is 0. The second-order valence-corrected chi connectivity index (χ2v) is 13.5. The first kappa shape index (κ1) is 32.8. The number of imidazole rings is 1. The minimum absolute atomic E-state index is 0.0337. The summed E-state index contributed by atoms with van der Waals surface area (Å²) in [5.41, 5.74) is 3.11. The summed E-state index contributed by atoms with van der Waals surface area (Å²) in [6, 6.07) is 2.88. The van der Waals surface area contributed by atoms with Crippen LogP contribution in [0.3, 0.4) is 0 Å². The fourth-order valence-corrected chi connectivity index (χ4v) is 7.32. The SMILES string of the molecule is CC(C)n1nccc1C(=O)N[C@H](c1cn2nc(C[C@@H]3CNC[C@H](C(F)(F)F)C3)c(C3CCOCC3)cc2n1)C1CCC(F)(F)CC1. The van der Waals surface area contributed by atoms with Crippen LogP contribution in [-0.4, -0.2) is 68.7 Å². The number of rotatable bonds is 8. The number of piperidine rings is 1. The Morgan fingerprint density at radius 3 is 2.59 bits per heavy atom. The molecule has 6 rings (SSSR count). The molecule has 1 aliphatic carbocycles. The fraction of sp³-hybridized carbons (Fsp3) is 0.688. The Balaban J connectivity index is 1.34. The van der Waals surface area contributed by atoms with Gasteiger partial charge in [-0.1, -0.05) is 0 Å². The van der Waals surface area contributed by atoms with E-state index in [1.54, 1.807) is 27.7 Å². The van der Waals surface area contributed by atoms with Gasteiger partial charge in [-0.2, -0.15) is 23.4 Å². The minimum Gasteiger partial charge on any atom is -0.381 e. The molecule has 2 N–H and O–H groups in total. The molecular formula is C32H42F5N7O2. The molecule has 0 radical (unpaired) electrons. The molecule has 0 unspecified atom stereocenters. The van der Waals surface area contributed by atoms with Gasteiger partial charge in [-0.05, 0) is 94.4 Å². The molecule has 0 spiro atoms. The van der Waals surface area contributed by atoms with Gasteiger partial charge >= 0.3 is 6.18 Å². The molecule has 1 amide bonds. The maximum absolute atomic E-state index is 14.2. The molecule has 3 atom stereocenters. The number of nitrogens with one attached hydrogen (secondary N) is 2. The summed E-state index contributed by atoms with van der Waals surface area (Å²) in [5, 5.41) is 15.2. The highest BCUT2D eigenvalue weighted by atomic mass is 19.4. The minimum atomic E-state index is -4.26.